The van der Waals surface area contributed by atoms with Crippen molar-refractivity contribution in [2.45, 2.75) is 39.5 Å². The van der Waals surface area contributed by atoms with Gasteiger partial charge in [0.25, 0.3) is 0 Å². The maximum absolute atomic E-state index is 10.5. The first-order valence-corrected chi connectivity index (χ1v) is 26.9. The zero-order chi connectivity index (χ0) is 69.2. The Morgan fingerprint density at radius 3 is 0.614 bits per heavy atom. The Morgan fingerprint density at radius 2 is 0.455 bits per heavy atom. The molecule has 0 radical (unpaired) electrons. The fraction of sp³-hybridized carbons (Fsp3) is 0.865. The summed E-state index contributed by atoms with van der Waals surface area (Å²) in [6.07, 6.45) is 2.83. The number of aliphatic carboxylic acids is 7. The van der Waals surface area contributed by atoms with Crippen LogP contribution in [0.2, 0.25) is 0 Å². The van der Waals surface area contributed by atoms with Crippen molar-refractivity contribution in [2.75, 3.05) is 220 Å². The first-order chi connectivity index (χ1) is 41.4. The molecule has 526 valence electrons. The largest absolute Gasteiger partial charge is 0.480 e. The fourth-order valence-electron chi connectivity index (χ4n) is 6.68. The topological polar surface area (TPSA) is 597 Å². The molecule has 0 unspecified atom stereocenters. The van der Waals surface area contributed by atoms with Crippen LogP contribution in [0, 0.1) is 32.5 Å². The Bertz CT molecular complexity index is 1510. The fourth-order valence-corrected chi connectivity index (χ4v) is 6.68. The highest BCUT2D eigenvalue weighted by Gasteiger charge is 2.35. The van der Waals surface area contributed by atoms with Gasteiger partial charge in [0, 0.05) is 52.4 Å². The molecule has 36 heteroatoms. The monoisotopic (exact) mass is 1300 g/mol. The number of hydrogen-bond donors (Lipinski definition) is 18. The minimum Gasteiger partial charge on any atom is -0.480 e. The molecule has 0 fully saturated rings. The van der Waals surface area contributed by atoms with Crippen LogP contribution in [0.25, 0.3) is 0 Å². The highest BCUT2D eigenvalue weighted by atomic mass is 16.6. The second-order valence-electron chi connectivity index (χ2n) is 20.3. The van der Waals surface area contributed by atoms with Crippen LogP contribution in [-0.2, 0) is 85.7 Å². The molecule has 20 N–H and O–H groups in total. The average molecular weight is 1300 g/mol. The van der Waals surface area contributed by atoms with Crippen LogP contribution in [-0.4, -0.2) is 343 Å². The smallest absolute Gasteiger partial charge is 0.329 e. The molecule has 0 bridgehead atoms. The zero-order valence-corrected chi connectivity index (χ0v) is 51.5. The van der Waals surface area contributed by atoms with Crippen molar-refractivity contribution >= 4 is 41.8 Å². The van der Waals surface area contributed by atoms with Crippen LogP contribution in [0.15, 0.2) is 0 Å². The van der Waals surface area contributed by atoms with Crippen LogP contribution in [0.3, 0.4) is 0 Å². The number of methoxy groups -OCH3 is 4. The summed E-state index contributed by atoms with van der Waals surface area (Å²) in [7, 11) is 5.80. The van der Waals surface area contributed by atoms with E-state index >= 15 is 0 Å². The summed E-state index contributed by atoms with van der Waals surface area (Å²) in [6, 6.07) is 0. The van der Waals surface area contributed by atoms with E-state index in [1.165, 1.54) is 28.4 Å². The molecule has 0 aliphatic carbocycles. The van der Waals surface area contributed by atoms with E-state index in [-0.39, 0.29) is 145 Å². The van der Waals surface area contributed by atoms with E-state index in [1.807, 2.05) is 13.8 Å². The summed E-state index contributed by atoms with van der Waals surface area (Å²) >= 11 is 0. The van der Waals surface area contributed by atoms with E-state index in [9.17, 15) is 38.7 Å². The average Bonchev–Trinajstić information content (AvgIpc) is 3.68. The van der Waals surface area contributed by atoms with Crippen LogP contribution in [0.1, 0.15) is 39.5 Å². The van der Waals surface area contributed by atoms with Crippen molar-refractivity contribution < 1.29 is 167 Å². The Labute approximate surface area is 511 Å². The quantitative estimate of drug-likeness (QED) is 0.0270. The molecule has 0 aromatic rings. The summed E-state index contributed by atoms with van der Waals surface area (Å²) in [5, 5.41) is 139. The highest BCUT2D eigenvalue weighted by molar-refractivity contribution is 5.69. The van der Waals surface area contributed by atoms with Crippen LogP contribution >= 0.6 is 0 Å². The second kappa shape index (κ2) is 58.8. The number of carboxylic acids is 7. The van der Waals surface area contributed by atoms with E-state index in [2.05, 4.69) is 0 Å². The number of aliphatic hydroxyl groups is 9. The Kier molecular flexibility index (Phi) is 63.1. The molecule has 36 nitrogen and oxygen atoms in total. The third-order valence-corrected chi connectivity index (χ3v) is 11.7. The van der Waals surface area contributed by atoms with Crippen molar-refractivity contribution in [2.24, 2.45) is 44.0 Å². The lowest BCUT2D eigenvalue weighted by Gasteiger charge is -2.31. The minimum atomic E-state index is -1.18. The lowest BCUT2D eigenvalue weighted by Crippen LogP contribution is -2.44. The number of ether oxygens (including phenoxy) is 11. The first-order valence-electron chi connectivity index (χ1n) is 26.9. The summed E-state index contributed by atoms with van der Waals surface area (Å²) in [5.74, 6) is -7.90. The van der Waals surface area contributed by atoms with Crippen LogP contribution in [0.4, 0.5) is 0 Å². The molecule has 88 heavy (non-hydrogen) atoms. The normalized spacial score (nSPS) is 11.6. The van der Waals surface area contributed by atoms with Gasteiger partial charge in [0.05, 0.1) is 154 Å². The molecule has 0 aromatic carbocycles. The van der Waals surface area contributed by atoms with Gasteiger partial charge in [-0.05, 0) is 12.8 Å². The van der Waals surface area contributed by atoms with E-state index < -0.39 is 121 Å². The molecule has 0 heterocycles. The molecule has 0 amide bonds. The van der Waals surface area contributed by atoms with E-state index in [0.29, 0.717) is 12.8 Å². The van der Waals surface area contributed by atoms with Crippen molar-refractivity contribution in [3.05, 3.63) is 0 Å². The minimum absolute atomic E-state index is 0.00581. The lowest BCUT2D eigenvalue weighted by molar-refractivity contribution is -0.155. The summed E-state index contributed by atoms with van der Waals surface area (Å²) in [4.78, 5) is 72.8. The SMILES string of the molecule is CCCC(CO)(CO)CO.CCCC(CO)(COCC(=O)O)COCC(=O)O.COCC(CN)(CO)CO.COCC(CN)(COCC(=O)O)COCC(=O)O.COCC(CO)(CO)CO.COCC(COCC(=O)O)(COCC(=O)O)COCC(=O)O. The van der Waals surface area contributed by atoms with Crippen molar-refractivity contribution in [1.29, 1.82) is 0 Å². The number of aliphatic hydroxyl groups excluding tert-OH is 9. The molecule has 0 saturated carbocycles. The highest BCUT2D eigenvalue weighted by Crippen LogP contribution is 2.25. The van der Waals surface area contributed by atoms with E-state index in [0.717, 1.165) is 12.8 Å². The first kappa shape index (κ1) is 94.5. The molecular formula is C52H104N2O34. The van der Waals surface area contributed by atoms with E-state index in [1.54, 1.807) is 0 Å². The van der Waals surface area contributed by atoms with Gasteiger partial charge in [-0.2, -0.15) is 0 Å². The molecule has 0 spiro atoms. The number of carbonyl (C=O) groups is 7. The standard InChI is InChI=1S/C12H20O10.C11H20O7.C10H19NO7.C7H16O3.C6H15NO3.C6H14O4/c1-19-5-12(6-20-2-9(13)14,7-21-3-10(15)16)8-22-4-11(17)18;1-2-3-11(6-12,7-17-4-9(13)14)8-18-5-10(15)16;1-16-5-10(4-11,6-17-2-8(12)13)7-18-3-9(14)15;1-2-3-7(4-8,5-9)6-10;2*1-10-5-6(2-7,3-8)4-9/h2-8H2,1H3,(H,13,14)(H,15,16)(H,17,18);12H,2-8H2,1H3,(H,13,14)(H,15,16);2-7,11H2,1H3,(H,12,13)(H,14,15);8-10H,2-6H2,1H3;8-9H,2-5,7H2,1H3;7-9H,2-5H2,1H3. The van der Waals surface area contributed by atoms with Gasteiger partial charge >= 0.3 is 41.8 Å². The number of carboxylic acid groups (broad SMARTS) is 7. The van der Waals surface area contributed by atoms with Gasteiger partial charge < -0.3 is 145 Å². The number of hydrogen-bond acceptors (Lipinski definition) is 29. The predicted molar refractivity (Wildman–Crippen MR) is 303 cm³/mol. The van der Waals surface area contributed by atoms with Crippen LogP contribution < -0.4 is 11.5 Å². The van der Waals surface area contributed by atoms with Crippen molar-refractivity contribution in [3.8, 4) is 0 Å². The molecule has 0 rings (SSSR count). The van der Waals surface area contributed by atoms with Gasteiger partial charge in [-0.15, -0.1) is 0 Å². The van der Waals surface area contributed by atoms with Gasteiger partial charge in [0.1, 0.15) is 46.2 Å². The second-order valence-corrected chi connectivity index (χ2v) is 20.3. The molecule has 0 aliphatic rings. The van der Waals surface area contributed by atoms with Gasteiger partial charge in [-0.3, -0.25) is 0 Å². The van der Waals surface area contributed by atoms with Gasteiger partial charge in [0.15, 0.2) is 0 Å². The molecule has 0 aliphatic heterocycles. The van der Waals surface area contributed by atoms with E-state index in [4.69, 9.17) is 140 Å². The summed E-state index contributed by atoms with van der Waals surface area (Å²) in [5.41, 5.74) is 6.19. The predicted octanol–water partition coefficient (Wildman–Crippen LogP) is -5.42. The maximum Gasteiger partial charge on any atom is 0.329 e. The summed E-state index contributed by atoms with van der Waals surface area (Å²) in [6.45, 7) is -0.861. The van der Waals surface area contributed by atoms with Crippen molar-refractivity contribution in [1.82, 2.24) is 0 Å². The lowest BCUT2D eigenvalue weighted by atomic mass is 9.86. The molecule has 0 atom stereocenters. The molecular weight excluding hydrogens is 1200 g/mol. The zero-order valence-electron chi connectivity index (χ0n) is 51.5. The van der Waals surface area contributed by atoms with Crippen LogP contribution in [0.5, 0.6) is 0 Å². The van der Waals surface area contributed by atoms with Gasteiger partial charge in [-0.25, -0.2) is 33.6 Å². The number of rotatable bonds is 51. The van der Waals surface area contributed by atoms with Crippen molar-refractivity contribution in [3.63, 3.8) is 0 Å². The molecule has 0 saturated heterocycles. The third-order valence-electron chi connectivity index (χ3n) is 11.7. The van der Waals surface area contributed by atoms with Gasteiger partial charge in [-0.1, -0.05) is 26.7 Å². The Morgan fingerprint density at radius 1 is 0.273 bits per heavy atom. The Balaban J connectivity index is -0.000000236. The maximum atomic E-state index is 10.5. The molecule has 0 aromatic heterocycles. The Hall–Kier alpha value is -4.59. The number of nitrogens with two attached hydrogens (primary N) is 2. The summed E-state index contributed by atoms with van der Waals surface area (Å²) < 4.78 is 54.3. The van der Waals surface area contributed by atoms with Gasteiger partial charge in [0.2, 0.25) is 0 Å². The third kappa shape index (κ3) is 51.2.